The number of aromatic hydroxyl groups is 1. The van der Waals surface area contributed by atoms with Crippen LogP contribution in [-0.4, -0.2) is 21.7 Å². The van der Waals surface area contributed by atoms with Crippen LogP contribution in [0.5, 0.6) is 11.5 Å². The summed E-state index contributed by atoms with van der Waals surface area (Å²) in [5, 5.41) is 9.40. The van der Waals surface area contributed by atoms with E-state index in [1.165, 1.54) is 18.2 Å². The van der Waals surface area contributed by atoms with Gasteiger partial charge in [0.25, 0.3) is 0 Å². The minimum absolute atomic E-state index is 0.0702. The number of aromatic nitrogens is 2. The number of halogens is 2. The van der Waals surface area contributed by atoms with Gasteiger partial charge in [-0.25, -0.2) is 4.98 Å². The molecule has 6 heteroatoms. The summed E-state index contributed by atoms with van der Waals surface area (Å²) >= 11 is 0. The molecule has 0 fully saturated rings. The number of nitrogens with one attached hydrogen (secondary N) is 1. The molecule has 0 aliphatic heterocycles. The molecule has 102 valence electrons. The van der Waals surface area contributed by atoms with Crippen molar-refractivity contribution in [2.24, 2.45) is 0 Å². The van der Waals surface area contributed by atoms with E-state index >= 15 is 0 Å². The van der Waals surface area contributed by atoms with Crippen molar-refractivity contribution in [3.05, 3.63) is 42.5 Å². The Balaban J connectivity index is 2.01. The van der Waals surface area contributed by atoms with Gasteiger partial charge in [-0.1, -0.05) is 12.1 Å². The van der Waals surface area contributed by atoms with Crippen molar-refractivity contribution >= 4 is 11.0 Å². The zero-order valence-electron chi connectivity index (χ0n) is 10.2. The number of hydrogen-bond donors (Lipinski definition) is 2. The first kappa shape index (κ1) is 12.4. The molecular weight excluding hydrogens is 266 g/mol. The molecule has 0 aliphatic rings. The molecule has 0 unspecified atom stereocenters. The van der Waals surface area contributed by atoms with Crippen molar-refractivity contribution in [2.75, 3.05) is 0 Å². The number of hydrogen-bond acceptors (Lipinski definition) is 3. The Bertz CT molecular complexity index is 756. The quantitative estimate of drug-likeness (QED) is 0.769. The minimum atomic E-state index is -2.86. The van der Waals surface area contributed by atoms with Gasteiger partial charge in [0.15, 0.2) is 0 Å². The van der Waals surface area contributed by atoms with Gasteiger partial charge in [0, 0.05) is 11.6 Å². The van der Waals surface area contributed by atoms with Gasteiger partial charge in [0.1, 0.15) is 17.3 Å². The van der Waals surface area contributed by atoms with Crippen LogP contribution in [0.3, 0.4) is 0 Å². The molecule has 0 saturated carbocycles. The Morgan fingerprint density at radius 1 is 1.15 bits per heavy atom. The smallest absolute Gasteiger partial charge is 0.387 e. The maximum Gasteiger partial charge on any atom is 0.387 e. The highest BCUT2D eigenvalue weighted by atomic mass is 19.3. The molecule has 0 radical (unpaired) electrons. The van der Waals surface area contributed by atoms with E-state index in [0.29, 0.717) is 22.4 Å². The molecule has 1 aromatic heterocycles. The predicted molar refractivity (Wildman–Crippen MR) is 69.8 cm³/mol. The molecule has 1 heterocycles. The number of benzene rings is 2. The number of rotatable bonds is 3. The van der Waals surface area contributed by atoms with Crippen molar-refractivity contribution in [1.82, 2.24) is 9.97 Å². The topological polar surface area (TPSA) is 58.1 Å². The van der Waals surface area contributed by atoms with Gasteiger partial charge in [-0.15, -0.1) is 0 Å². The number of aromatic amines is 1. The fraction of sp³-hybridized carbons (Fsp3) is 0.0714. The Hall–Kier alpha value is -2.63. The van der Waals surface area contributed by atoms with E-state index in [9.17, 15) is 13.9 Å². The van der Waals surface area contributed by atoms with Crippen molar-refractivity contribution in [2.45, 2.75) is 6.61 Å². The fourth-order valence-corrected chi connectivity index (χ4v) is 1.95. The number of imidazole rings is 1. The van der Waals surface area contributed by atoms with Crippen LogP contribution in [0.4, 0.5) is 8.78 Å². The monoisotopic (exact) mass is 276 g/mol. The second kappa shape index (κ2) is 4.80. The van der Waals surface area contributed by atoms with Crippen LogP contribution in [-0.2, 0) is 0 Å². The molecule has 0 amide bonds. The average Bonchev–Trinajstić information content (AvgIpc) is 2.81. The van der Waals surface area contributed by atoms with Crippen LogP contribution in [0.2, 0.25) is 0 Å². The van der Waals surface area contributed by atoms with E-state index in [1.54, 1.807) is 24.3 Å². The first-order valence-electron chi connectivity index (χ1n) is 5.86. The Morgan fingerprint density at radius 3 is 2.80 bits per heavy atom. The molecule has 3 aromatic rings. The first-order valence-corrected chi connectivity index (χ1v) is 5.86. The maximum absolute atomic E-state index is 12.2. The van der Waals surface area contributed by atoms with Crippen molar-refractivity contribution in [3.63, 3.8) is 0 Å². The number of H-pyrrole nitrogens is 1. The lowest BCUT2D eigenvalue weighted by molar-refractivity contribution is -0.0498. The fourth-order valence-electron chi connectivity index (χ4n) is 1.95. The summed E-state index contributed by atoms with van der Waals surface area (Å²) < 4.78 is 28.7. The van der Waals surface area contributed by atoms with Gasteiger partial charge in [-0.3, -0.25) is 0 Å². The number of phenolic OH excluding ortho intramolecular Hbond substituents is 1. The normalized spacial score (nSPS) is 11.2. The van der Waals surface area contributed by atoms with Gasteiger partial charge in [-0.05, 0) is 24.3 Å². The van der Waals surface area contributed by atoms with Crippen LogP contribution in [0.1, 0.15) is 0 Å². The van der Waals surface area contributed by atoms with Crippen LogP contribution in [0, 0.1) is 0 Å². The SMILES string of the molecule is Oc1ccc2nc(-c3cccc(OC(F)F)c3)[nH]c2c1. The van der Waals surface area contributed by atoms with Crippen LogP contribution < -0.4 is 4.74 Å². The van der Waals surface area contributed by atoms with Gasteiger partial charge in [0.05, 0.1) is 11.0 Å². The summed E-state index contributed by atoms with van der Waals surface area (Å²) in [7, 11) is 0. The molecule has 0 atom stereocenters. The van der Waals surface area contributed by atoms with E-state index in [2.05, 4.69) is 14.7 Å². The minimum Gasteiger partial charge on any atom is -0.508 e. The summed E-state index contributed by atoms with van der Waals surface area (Å²) in [6.07, 6.45) is 0. The lowest BCUT2D eigenvalue weighted by Gasteiger charge is -2.05. The molecule has 0 aliphatic carbocycles. The molecule has 0 spiro atoms. The molecule has 0 bridgehead atoms. The largest absolute Gasteiger partial charge is 0.508 e. The highest BCUT2D eigenvalue weighted by molar-refractivity contribution is 5.80. The molecule has 3 rings (SSSR count). The highest BCUT2D eigenvalue weighted by Gasteiger charge is 2.09. The van der Waals surface area contributed by atoms with Gasteiger partial charge < -0.3 is 14.8 Å². The van der Waals surface area contributed by atoms with Crippen LogP contribution in [0.15, 0.2) is 42.5 Å². The Morgan fingerprint density at radius 2 is 2.00 bits per heavy atom. The van der Waals surface area contributed by atoms with Crippen LogP contribution in [0.25, 0.3) is 22.4 Å². The van der Waals surface area contributed by atoms with E-state index in [0.717, 1.165) is 0 Å². The van der Waals surface area contributed by atoms with E-state index in [4.69, 9.17) is 0 Å². The zero-order chi connectivity index (χ0) is 14.1. The standard InChI is InChI=1S/C14H10F2N2O2/c15-14(16)20-10-3-1-2-8(6-10)13-17-11-5-4-9(19)7-12(11)18-13/h1-7,14,19H,(H,17,18). The average molecular weight is 276 g/mol. The third-order valence-electron chi connectivity index (χ3n) is 2.80. The lowest BCUT2D eigenvalue weighted by Crippen LogP contribution is -2.01. The third kappa shape index (κ3) is 2.40. The molecule has 2 aromatic carbocycles. The zero-order valence-corrected chi connectivity index (χ0v) is 10.2. The summed E-state index contributed by atoms with van der Waals surface area (Å²) in [5.74, 6) is 0.716. The second-order valence-electron chi connectivity index (χ2n) is 4.19. The molecule has 4 nitrogen and oxygen atoms in total. The molecule has 20 heavy (non-hydrogen) atoms. The molecular formula is C14H10F2N2O2. The molecule has 2 N–H and O–H groups in total. The number of phenols is 1. The summed E-state index contributed by atoms with van der Waals surface area (Å²) in [6, 6.07) is 11.0. The number of ether oxygens (including phenoxy) is 1. The molecule has 0 saturated heterocycles. The summed E-state index contributed by atoms with van der Waals surface area (Å²) in [4.78, 5) is 7.35. The van der Waals surface area contributed by atoms with E-state index in [1.807, 2.05) is 0 Å². The number of nitrogens with zero attached hydrogens (tertiary/aromatic N) is 1. The van der Waals surface area contributed by atoms with Gasteiger partial charge >= 0.3 is 6.61 Å². The number of alkyl halides is 2. The van der Waals surface area contributed by atoms with Gasteiger partial charge in [0.2, 0.25) is 0 Å². The highest BCUT2D eigenvalue weighted by Crippen LogP contribution is 2.26. The van der Waals surface area contributed by atoms with Crippen molar-refractivity contribution in [1.29, 1.82) is 0 Å². The second-order valence-corrected chi connectivity index (χ2v) is 4.19. The van der Waals surface area contributed by atoms with E-state index in [-0.39, 0.29) is 11.5 Å². The van der Waals surface area contributed by atoms with Crippen LogP contribution >= 0.6 is 0 Å². The van der Waals surface area contributed by atoms with E-state index < -0.39 is 6.61 Å². The summed E-state index contributed by atoms with van der Waals surface area (Å²) in [6.45, 7) is -2.86. The summed E-state index contributed by atoms with van der Waals surface area (Å²) in [5.41, 5.74) is 1.97. The maximum atomic E-state index is 12.2. The lowest BCUT2D eigenvalue weighted by atomic mass is 10.2. The Kier molecular flexibility index (Phi) is 2.98. The third-order valence-corrected chi connectivity index (χ3v) is 2.80. The van der Waals surface area contributed by atoms with Gasteiger partial charge in [-0.2, -0.15) is 8.78 Å². The predicted octanol–water partition coefficient (Wildman–Crippen LogP) is 3.54. The van der Waals surface area contributed by atoms with Crippen molar-refractivity contribution in [3.8, 4) is 22.9 Å². The Labute approximate surface area is 112 Å². The first-order chi connectivity index (χ1) is 9.61. The van der Waals surface area contributed by atoms with Crippen molar-refractivity contribution < 1.29 is 18.6 Å². The number of fused-ring (bicyclic) bond motifs is 1.